The predicted octanol–water partition coefficient (Wildman–Crippen LogP) is -0.692. The van der Waals surface area contributed by atoms with E-state index in [1.54, 1.807) is 4.90 Å². The first kappa shape index (κ1) is 12.0. The number of hydrazine groups is 1. The number of hydrogen-bond acceptors (Lipinski definition) is 8. The molecule has 0 aromatic carbocycles. The van der Waals surface area contributed by atoms with Crippen molar-refractivity contribution in [2.75, 3.05) is 36.8 Å². The summed E-state index contributed by atoms with van der Waals surface area (Å²) >= 11 is 1.35. The van der Waals surface area contributed by atoms with Gasteiger partial charge >= 0.3 is 0 Å². The summed E-state index contributed by atoms with van der Waals surface area (Å²) in [4.78, 5) is 14.0. The van der Waals surface area contributed by atoms with Gasteiger partial charge in [-0.05, 0) is 0 Å². The van der Waals surface area contributed by atoms with Crippen LogP contribution in [0.4, 0.5) is 11.9 Å². The summed E-state index contributed by atoms with van der Waals surface area (Å²) in [7, 11) is 3.66. The van der Waals surface area contributed by atoms with Crippen LogP contribution in [-0.2, 0) is 0 Å². The zero-order valence-corrected chi connectivity index (χ0v) is 9.45. The minimum Gasteiger partial charge on any atom is -0.396 e. The quantitative estimate of drug-likeness (QED) is 0.347. The Kier molecular flexibility index (Phi) is 4.53. The number of hydrogen-bond donors (Lipinski definition) is 3. The van der Waals surface area contributed by atoms with Gasteiger partial charge in [-0.2, -0.15) is 15.0 Å². The third kappa shape index (κ3) is 3.50. The number of aliphatic hydroxyl groups is 1. The van der Waals surface area contributed by atoms with Gasteiger partial charge in [-0.15, -0.1) is 0 Å². The molecule has 0 amide bonds. The van der Waals surface area contributed by atoms with Crippen molar-refractivity contribution in [3.63, 3.8) is 0 Å². The molecule has 0 radical (unpaired) electrons. The first-order valence-electron chi connectivity index (χ1n) is 4.31. The van der Waals surface area contributed by atoms with E-state index < -0.39 is 0 Å². The van der Waals surface area contributed by atoms with Gasteiger partial charge in [0.05, 0.1) is 6.61 Å². The van der Waals surface area contributed by atoms with Crippen molar-refractivity contribution in [1.82, 2.24) is 15.0 Å². The van der Waals surface area contributed by atoms with Crippen molar-refractivity contribution < 1.29 is 5.11 Å². The smallest absolute Gasteiger partial charge is 0.242 e. The summed E-state index contributed by atoms with van der Waals surface area (Å²) in [5.41, 5.74) is 2.37. The van der Waals surface area contributed by atoms with Gasteiger partial charge in [-0.25, -0.2) is 5.84 Å². The van der Waals surface area contributed by atoms with Crippen LogP contribution in [0.5, 0.6) is 0 Å². The normalized spacial score (nSPS) is 10.1. The Balaban J connectivity index is 2.90. The second-order valence-electron chi connectivity index (χ2n) is 2.85. The molecule has 0 unspecified atom stereocenters. The van der Waals surface area contributed by atoms with Gasteiger partial charge < -0.3 is 10.0 Å². The van der Waals surface area contributed by atoms with Gasteiger partial charge in [0.25, 0.3) is 0 Å². The second-order valence-corrected chi connectivity index (χ2v) is 3.91. The average Bonchev–Trinajstić information content (AvgIpc) is 2.25. The molecule has 0 saturated carbocycles. The summed E-state index contributed by atoms with van der Waals surface area (Å²) in [5.74, 6) is 6.62. The molecule has 1 aromatic heterocycles. The SMILES string of the molecule is CN(C)c1nc(NN)nc(SCCO)n1. The third-order valence-corrected chi connectivity index (χ3v) is 2.28. The lowest BCUT2D eigenvalue weighted by Gasteiger charge is -2.11. The van der Waals surface area contributed by atoms with E-state index in [1.807, 2.05) is 14.1 Å². The Morgan fingerprint density at radius 2 is 2.13 bits per heavy atom. The Labute approximate surface area is 92.1 Å². The highest BCUT2D eigenvalue weighted by Crippen LogP contribution is 2.16. The van der Waals surface area contributed by atoms with Crippen LogP contribution in [-0.4, -0.2) is 46.5 Å². The predicted molar refractivity (Wildman–Crippen MR) is 59.8 cm³/mol. The number of aliphatic hydroxyl groups excluding tert-OH is 1. The molecular formula is C7H14N6OS. The first-order chi connectivity index (χ1) is 7.17. The molecule has 84 valence electrons. The Morgan fingerprint density at radius 3 is 2.67 bits per heavy atom. The van der Waals surface area contributed by atoms with E-state index in [-0.39, 0.29) is 6.61 Å². The maximum atomic E-state index is 8.69. The third-order valence-electron chi connectivity index (χ3n) is 1.45. The molecule has 0 saturated heterocycles. The molecule has 0 atom stereocenters. The van der Waals surface area contributed by atoms with Crippen molar-refractivity contribution in [3.8, 4) is 0 Å². The summed E-state index contributed by atoms with van der Waals surface area (Å²) in [6.07, 6.45) is 0. The minimum absolute atomic E-state index is 0.0824. The van der Waals surface area contributed by atoms with Gasteiger partial charge in [0.15, 0.2) is 5.16 Å². The van der Waals surface area contributed by atoms with Gasteiger partial charge in [0, 0.05) is 19.8 Å². The summed E-state index contributed by atoms with van der Waals surface area (Å²) < 4.78 is 0. The number of aromatic nitrogens is 3. The number of nitrogens with one attached hydrogen (secondary N) is 1. The molecule has 1 rings (SSSR count). The van der Waals surface area contributed by atoms with Crippen LogP contribution < -0.4 is 16.2 Å². The number of thioether (sulfide) groups is 1. The van der Waals surface area contributed by atoms with E-state index in [9.17, 15) is 0 Å². The van der Waals surface area contributed by atoms with Crippen LogP contribution in [0.25, 0.3) is 0 Å². The molecule has 15 heavy (non-hydrogen) atoms. The topological polar surface area (TPSA) is 100 Å². The largest absolute Gasteiger partial charge is 0.396 e. The molecule has 1 heterocycles. The van der Waals surface area contributed by atoms with Gasteiger partial charge in [-0.1, -0.05) is 11.8 Å². The summed E-state index contributed by atoms with van der Waals surface area (Å²) in [6.45, 7) is 0.0824. The molecule has 8 heteroatoms. The van der Waals surface area contributed by atoms with Crippen molar-refractivity contribution in [2.24, 2.45) is 5.84 Å². The van der Waals surface area contributed by atoms with Crippen LogP contribution in [0.15, 0.2) is 5.16 Å². The Morgan fingerprint density at radius 1 is 1.40 bits per heavy atom. The number of nitrogens with two attached hydrogens (primary N) is 1. The lowest BCUT2D eigenvalue weighted by Crippen LogP contribution is -2.17. The van der Waals surface area contributed by atoms with Crippen LogP contribution in [0.2, 0.25) is 0 Å². The van der Waals surface area contributed by atoms with Gasteiger partial charge in [0.1, 0.15) is 0 Å². The van der Waals surface area contributed by atoms with E-state index in [0.29, 0.717) is 22.8 Å². The lowest BCUT2D eigenvalue weighted by atomic mass is 10.8. The number of nitrogen functional groups attached to an aromatic ring is 1. The van der Waals surface area contributed by atoms with E-state index in [0.717, 1.165) is 0 Å². The highest BCUT2D eigenvalue weighted by atomic mass is 32.2. The molecule has 0 bridgehead atoms. The van der Waals surface area contributed by atoms with Gasteiger partial charge in [-0.3, -0.25) is 5.43 Å². The number of nitrogens with zero attached hydrogens (tertiary/aromatic N) is 4. The number of anilines is 2. The van der Waals surface area contributed by atoms with Gasteiger partial charge in [0.2, 0.25) is 11.9 Å². The van der Waals surface area contributed by atoms with Crippen molar-refractivity contribution >= 4 is 23.7 Å². The first-order valence-corrected chi connectivity index (χ1v) is 5.29. The lowest BCUT2D eigenvalue weighted by molar-refractivity contribution is 0.322. The summed E-state index contributed by atoms with van der Waals surface area (Å²) in [5, 5.41) is 9.23. The highest BCUT2D eigenvalue weighted by molar-refractivity contribution is 7.99. The average molecular weight is 230 g/mol. The molecule has 0 spiro atoms. The molecule has 7 nitrogen and oxygen atoms in total. The maximum Gasteiger partial charge on any atom is 0.242 e. The maximum absolute atomic E-state index is 8.69. The zero-order valence-electron chi connectivity index (χ0n) is 8.64. The standard InChI is InChI=1S/C7H14N6OS/c1-13(2)6-9-5(12-8)10-7(11-6)15-4-3-14/h14H,3-4,8H2,1-2H3,(H,9,10,11,12). The van der Waals surface area contributed by atoms with Crippen molar-refractivity contribution in [3.05, 3.63) is 0 Å². The molecule has 1 aromatic rings. The van der Waals surface area contributed by atoms with Crippen LogP contribution in [0.1, 0.15) is 0 Å². The van der Waals surface area contributed by atoms with Crippen LogP contribution in [0, 0.1) is 0 Å². The molecule has 0 aliphatic rings. The Bertz CT molecular complexity index is 320. The molecular weight excluding hydrogens is 216 g/mol. The molecule has 4 N–H and O–H groups in total. The fourth-order valence-electron chi connectivity index (χ4n) is 0.812. The summed E-state index contributed by atoms with van der Waals surface area (Å²) in [6, 6.07) is 0. The van der Waals surface area contributed by atoms with E-state index in [4.69, 9.17) is 10.9 Å². The number of rotatable bonds is 5. The molecule has 0 fully saturated rings. The van der Waals surface area contributed by atoms with E-state index in [1.165, 1.54) is 11.8 Å². The second kappa shape index (κ2) is 5.69. The highest BCUT2D eigenvalue weighted by Gasteiger charge is 2.07. The van der Waals surface area contributed by atoms with E-state index in [2.05, 4.69) is 20.4 Å². The fourth-order valence-corrected chi connectivity index (χ4v) is 1.38. The fraction of sp³-hybridized carbons (Fsp3) is 0.571. The van der Waals surface area contributed by atoms with Crippen molar-refractivity contribution in [2.45, 2.75) is 5.16 Å². The Hall–Kier alpha value is -1.12. The molecule has 0 aliphatic heterocycles. The zero-order chi connectivity index (χ0) is 11.3. The van der Waals surface area contributed by atoms with Crippen LogP contribution >= 0.6 is 11.8 Å². The minimum atomic E-state index is 0.0824. The van der Waals surface area contributed by atoms with Crippen molar-refractivity contribution in [1.29, 1.82) is 0 Å². The monoisotopic (exact) mass is 230 g/mol. The molecule has 0 aliphatic carbocycles. The van der Waals surface area contributed by atoms with E-state index >= 15 is 0 Å². The van der Waals surface area contributed by atoms with Crippen LogP contribution in [0.3, 0.4) is 0 Å².